The Bertz CT molecular complexity index is 1110. The molecule has 6 nitrogen and oxygen atoms in total. The molecule has 0 saturated carbocycles. The molecule has 1 heterocycles. The van der Waals surface area contributed by atoms with Crippen molar-refractivity contribution in [1.29, 1.82) is 0 Å². The third-order valence-electron chi connectivity index (χ3n) is 3.82. The second-order valence-corrected chi connectivity index (χ2v) is 6.00. The Morgan fingerprint density at radius 3 is 2.50 bits per heavy atom. The molecule has 0 spiro atoms. The molecule has 9 heteroatoms. The predicted molar refractivity (Wildman–Crippen MR) is 95.6 cm³/mol. The second kappa shape index (κ2) is 7.18. The summed E-state index contributed by atoms with van der Waals surface area (Å²) in [6.45, 7) is 1.80. The van der Waals surface area contributed by atoms with Crippen molar-refractivity contribution < 1.29 is 23.1 Å². The molecular formula is C19H14F3N3O3. The molecule has 0 saturated heterocycles. The Morgan fingerprint density at radius 2 is 1.82 bits per heavy atom. The summed E-state index contributed by atoms with van der Waals surface area (Å²) in [7, 11) is 0. The number of amides is 1. The highest BCUT2D eigenvalue weighted by atomic mass is 19.4. The quantitative estimate of drug-likeness (QED) is 0.718. The van der Waals surface area contributed by atoms with E-state index in [-0.39, 0.29) is 5.69 Å². The first-order valence-electron chi connectivity index (χ1n) is 8.04. The van der Waals surface area contributed by atoms with Crippen molar-refractivity contribution in [2.24, 2.45) is 0 Å². The number of rotatable bonds is 3. The summed E-state index contributed by atoms with van der Waals surface area (Å²) in [4.78, 5) is 24.6. The van der Waals surface area contributed by atoms with E-state index in [0.29, 0.717) is 5.69 Å². The zero-order valence-corrected chi connectivity index (χ0v) is 14.5. The highest BCUT2D eigenvalue weighted by Gasteiger charge is 2.30. The lowest BCUT2D eigenvalue weighted by atomic mass is 10.2. The minimum atomic E-state index is -4.57. The highest BCUT2D eigenvalue weighted by Crippen LogP contribution is 2.30. The van der Waals surface area contributed by atoms with E-state index in [9.17, 15) is 27.9 Å². The molecular weight excluding hydrogens is 375 g/mol. The predicted octanol–water partition coefficient (Wildman–Crippen LogP) is 3.52. The molecule has 1 aromatic heterocycles. The monoisotopic (exact) mass is 389 g/mol. The van der Waals surface area contributed by atoms with Gasteiger partial charge in [-0.15, -0.1) is 0 Å². The SMILES string of the molecule is Cc1cccc(-n2nc(C(=O)Nc3cccc(C(F)(F)F)c3)c(O)cc2=O)c1. The molecule has 0 fully saturated rings. The van der Waals surface area contributed by atoms with E-state index >= 15 is 0 Å². The van der Waals surface area contributed by atoms with Crippen LogP contribution in [0.5, 0.6) is 5.75 Å². The molecule has 1 amide bonds. The minimum absolute atomic E-state index is 0.130. The third kappa shape index (κ3) is 4.03. The molecule has 2 aromatic carbocycles. The number of aryl methyl sites for hydroxylation is 1. The molecule has 0 atom stereocenters. The fourth-order valence-electron chi connectivity index (χ4n) is 2.52. The van der Waals surface area contributed by atoms with Gasteiger partial charge in [0, 0.05) is 11.8 Å². The lowest BCUT2D eigenvalue weighted by Crippen LogP contribution is -2.25. The third-order valence-corrected chi connectivity index (χ3v) is 3.82. The van der Waals surface area contributed by atoms with E-state index in [1.54, 1.807) is 31.2 Å². The van der Waals surface area contributed by atoms with Gasteiger partial charge in [0.25, 0.3) is 11.5 Å². The molecule has 0 unspecified atom stereocenters. The van der Waals surface area contributed by atoms with Gasteiger partial charge in [-0.25, -0.2) is 0 Å². The number of carbonyl (C=O) groups is 1. The molecule has 0 aliphatic heterocycles. The van der Waals surface area contributed by atoms with Gasteiger partial charge in [-0.1, -0.05) is 18.2 Å². The zero-order chi connectivity index (χ0) is 20.5. The lowest BCUT2D eigenvalue weighted by Gasteiger charge is -2.11. The lowest BCUT2D eigenvalue weighted by molar-refractivity contribution is -0.137. The number of aromatic nitrogens is 2. The normalized spacial score (nSPS) is 11.3. The van der Waals surface area contributed by atoms with Crippen LogP contribution in [0.25, 0.3) is 5.69 Å². The van der Waals surface area contributed by atoms with E-state index in [1.807, 2.05) is 0 Å². The molecule has 0 aliphatic rings. The van der Waals surface area contributed by atoms with Crippen molar-refractivity contribution in [3.8, 4) is 11.4 Å². The van der Waals surface area contributed by atoms with Gasteiger partial charge < -0.3 is 10.4 Å². The molecule has 0 bridgehead atoms. The summed E-state index contributed by atoms with van der Waals surface area (Å²) in [5.74, 6) is -1.64. The summed E-state index contributed by atoms with van der Waals surface area (Å²) >= 11 is 0. The van der Waals surface area contributed by atoms with Crippen LogP contribution in [0, 0.1) is 6.92 Å². The number of alkyl halides is 3. The first-order chi connectivity index (χ1) is 13.1. The summed E-state index contributed by atoms with van der Waals surface area (Å²) in [6.07, 6.45) is -4.57. The first-order valence-corrected chi connectivity index (χ1v) is 8.04. The van der Waals surface area contributed by atoms with Crippen LogP contribution < -0.4 is 10.9 Å². The Labute approximate surface area is 156 Å². The summed E-state index contributed by atoms with van der Waals surface area (Å²) < 4.78 is 39.3. The van der Waals surface area contributed by atoms with Crippen molar-refractivity contribution in [3.63, 3.8) is 0 Å². The van der Waals surface area contributed by atoms with Gasteiger partial charge in [0.2, 0.25) is 0 Å². The molecule has 0 aliphatic carbocycles. The molecule has 28 heavy (non-hydrogen) atoms. The van der Waals surface area contributed by atoms with Crippen LogP contribution in [-0.2, 0) is 6.18 Å². The van der Waals surface area contributed by atoms with Crippen LogP contribution >= 0.6 is 0 Å². The molecule has 2 N–H and O–H groups in total. The van der Waals surface area contributed by atoms with Crippen LogP contribution in [0.3, 0.4) is 0 Å². The fraction of sp³-hybridized carbons (Fsp3) is 0.105. The molecule has 0 radical (unpaired) electrons. The number of nitrogens with zero attached hydrogens (tertiary/aromatic N) is 2. The molecule has 3 aromatic rings. The average Bonchev–Trinajstić information content (AvgIpc) is 2.61. The van der Waals surface area contributed by atoms with Gasteiger partial charge in [-0.2, -0.15) is 23.0 Å². The highest BCUT2D eigenvalue weighted by molar-refractivity contribution is 6.04. The maximum absolute atomic E-state index is 12.8. The van der Waals surface area contributed by atoms with Crippen LogP contribution in [0.4, 0.5) is 18.9 Å². The van der Waals surface area contributed by atoms with Gasteiger partial charge in [0.05, 0.1) is 11.3 Å². The first kappa shape index (κ1) is 19.2. The minimum Gasteiger partial charge on any atom is -0.505 e. The van der Waals surface area contributed by atoms with Crippen molar-refractivity contribution >= 4 is 11.6 Å². The van der Waals surface area contributed by atoms with Crippen LogP contribution in [0.2, 0.25) is 0 Å². The van der Waals surface area contributed by atoms with Gasteiger partial charge >= 0.3 is 6.18 Å². The summed E-state index contributed by atoms with van der Waals surface area (Å²) in [5, 5.41) is 16.0. The Balaban J connectivity index is 1.97. The summed E-state index contributed by atoms with van der Waals surface area (Å²) in [6, 6.07) is 11.6. The van der Waals surface area contributed by atoms with Gasteiger partial charge in [0.15, 0.2) is 11.4 Å². The maximum atomic E-state index is 12.8. The van der Waals surface area contributed by atoms with Crippen LogP contribution in [-0.4, -0.2) is 20.8 Å². The van der Waals surface area contributed by atoms with Crippen molar-refractivity contribution in [2.75, 3.05) is 5.32 Å². The Morgan fingerprint density at radius 1 is 1.11 bits per heavy atom. The van der Waals surface area contributed by atoms with Gasteiger partial charge in [0.1, 0.15) is 0 Å². The smallest absolute Gasteiger partial charge is 0.416 e. The fourth-order valence-corrected chi connectivity index (χ4v) is 2.52. The van der Waals surface area contributed by atoms with E-state index < -0.39 is 34.6 Å². The molecule has 144 valence electrons. The van der Waals surface area contributed by atoms with E-state index in [0.717, 1.165) is 34.5 Å². The van der Waals surface area contributed by atoms with E-state index in [4.69, 9.17) is 0 Å². The number of hydrogen-bond acceptors (Lipinski definition) is 4. The number of aromatic hydroxyl groups is 1. The van der Waals surface area contributed by atoms with E-state index in [1.165, 1.54) is 6.07 Å². The largest absolute Gasteiger partial charge is 0.505 e. The topological polar surface area (TPSA) is 84.2 Å². The van der Waals surface area contributed by atoms with Gasteiger partial charge in [-0.05, 0) is 42.8 Å². The maximum Gasteiger partial charge on any atom is 0.416 e. The zero-order valence-electron chi connectivity index (χ0n) is 14.5. The Hall–Kier alpha value is -3.62. The van der Waals surface area contributed by atoms with Crippen LogP contribution in [0.15, 0.2) is 59.4 Å². The number of carbonyl (C=O) groups excluding carboxylic acids is 1. The number of benzene rings is 2. The second-order valence-electron chi connectivity index (χ2n) is 6.00. The number of nitrogens with one attached hydrogen (secondary N) is 1. The molecule has 3 rings (SSSR count). The number of anilines is 1. The van der Waals surface area contributed by atoms with Gasteiger partial charge in [-0.3, -0.25) is 9.59 Å². The average molecular weight is 389 g/mol. The number of hydrogen-bond donors (Lipinski definition) is 2. The van der Waals surface area contributed by atoms with Crippen molar-refractivity contribution in [3.05, 3.63) is 81.8 Å². The number of halogens is 3. The van der Waals surface area contributed by atoms with Crippen LogP contribution in [0.1, 0.15) is 21.6 Å². The van der Waals surface area contributed by atoms with Crippen molar-refractivity contribution in [1.82, 2.24) is 9.78 Å². The standard InChI is InChI=1S/C19H14F3N3O3/c1-11-4-2-7-14(8-11)25-16(27)10-15(26)17(24-25)18(28)23-13-6-3-5-12(9-13)19(20,21)22/h2-10,26H,1H3,(H,23,28). The summed E-state index contributed by atoms with van der Waals surface area (Å²) in [5.41, 5.74) is -1.02. The Kier molecular flexibility index (Phi) is 4.91. The van der Waals surface area contributed by atoms with E-state index in [2.05, 4.69) is 10.4 Å². The van der Waals surface area contributed by atoms with Crippen molar-refractivity contribution in [2.45, 2.75) is 13.1 Å².